The number of aliphatic hydroxyl groups is 1. The average Bonchev–Trinajstić information content (AvgIpc) is 2.97. The quantitative estimate of drug-likeness (QED) is 0.729. The third kappa shape index (κ3) is 2.61. The molecule has 1 atom stereocenters. The molecule has 3 N–H and O–H groups in total. The van der Waals surface area contributed by atoms with Crippen molar-refractivity contribution in [1.82, 2.24) is 15.0 Å². The molecular weight excluding hydrogens is 288 g/mol. The van der Waals surface area contributed by atoms with Gasteiger partial charge in [0.05, 0.1) is 17.6 Å². The van der Waals surface area contributed by atoms with Crippen LogP contribution in [0.5, 0.6) is 0 Å². The molecule has 1 unspecified atom stereocenters. The van der Waals surface area contributed by atoms with Crippen molar-refractivity contribution in [3.8, 4) is 5.69 Å². The SMILES string of the molecule is Nc1cc(Cl)ccc1C(O)c1cnnn1-c1ccccc1. The Morgan fingerprint density at radius 3 is 2.62 bits per heavy atom. The number of rotatable bonds is 3. The first-order chi connectivity index (χ1) is 10.2. The van der Waals surface area contributed by atoms with Crippen molar-refractivity contribution in [1.29, 1.82) is 0 Å². The van der Waals surface area contributed by atoms with Crippen LogP contribution in [0.3, 0.4) is 0 Å². The first-order valence-electron chi connectivity index (χ1n) is 6.36. The summed E-state index contributed by atoms with van der Waals surface area (Å²) >= 11 is 5.88. The molecule has 21 heavy (non-hydrogen) atoms. The fourth-order valence-electron chi connectivity index (χ4n) is 2.15. The molecule has 0 fully saturated rings. The number of hydrogen-bond donors (Lipinski definition) is 2. The third-order valence-corrected chi connectivity index (χ3v) is 3.44. The Bertz CT molecular complexity index is 757. The van der Waals surface area contributed by atoms with Crippen molar-refractivity contribution in [3.05, 3.63) is 71.0 Å². The van der Waals surface area contributed by atoms with Crippen LogP contribution >= 0.6 is 11.6 Å². The highest BCUT2D eigenvalue weighted by Gasteiger charge is 2.19. The van der Waals surface area contributed by atoms with Crippen molar-refractivity contribution in [2.45, 2.75) is 6.10 Å². The van der Waals surface area contributed by atoms with E-state index < -0.39 is 6.10 Å². The molecule has 0 aliphatic heterocycles. The first-order valence-corrected chi connectivity index (χ1v) is 6.73. The molecule has 3 rings (SSSR count). The number of aliphatic hydroxyl groups excluding tert-OH is 1. The first kappa shape index (κ1) is 13.6. The van der Waals surface area contributed by atoms with Gasteiger partial charge in [0.2, 0.25) is 0 Å². The van der Waals surface area contributed by atoms with E-state index in [-0.39, 0.29) is 0 Å². The monoisotopic (exact) mass is 300 g/mol. The number of halogens is 1. The van der Waals surface area contributed by atoms with Crippen molar-refractivity contribution in [2.75, 3.05) is 5.73 Å². The summed E-state index contributed by atoms with van der Waals surface area (Å²) in [4.78, 5) is 0. The molecule has 3 aromatic rings. The van der Waals surface area contributed by atoms with Gasteiger partial charge in [0.15, 0.2) is 0 Å². The van der Waals surface area contributed by atoms with Crippen LogP contribution < -0.4 is 5.73 Å². The van der Waals surface area contributed by atoms with E-state index in [9.17, 15) is 5.11 Å². The van der Waals surface area contributed by atoms with Crippen LogP contribution in [-0.2, 0) is 0 Å². The van der Waals surface area contributed by atoms with Gasteiger partial charge in [-0.25, -0.2) is 4.68 Å². The van der Waals surface area contributed by atoms with E-state index in [0.29, 0.717) is 22.0 Å². The van der Waals surface area contributed by atoms with Crippen LogP contribution in [-0.4, -0.2) is 20.1 Å². The Morgan fingerprint density at radius 2 is 1.90 bits per heavy atom. The average molecular weight is 301 g/mol. The zero-order valence-corrected chi connectivity index (χ0v) is 11.8. The summed E-state index contributed by atoms with van der Waals surface area (Å²) < 4.78 is 1.58. The lowest BCUT2D eigenvalue weighted by Gasteiger charge is -2.15. The highest BCUT2D eigenvalue weighted by atomic mass is 35.5. The molecule has 0 aliphatic rings. The maximum atomic E-state index is 10.6. The van der Waals surface area contributed by atoms with Gasteiger partial charge in [-0.2, -0.15) is 0 Å². The summed E-state index contributed by atoms with van der Waals surface area (Å²) in [5.74, 6) is 0. The largest absolute Gasteiger partial charge is 0.398 e. The van der Waals surface area contributed by atoms with E-state index in [2.05, 4.69) is 10.3 Å². The summed E-state index contributed by atoms with van der Waals surface area (Å²) in [6.07, 6.45) is 0.587. The summed E-state index contributed by atoms with van der Waals surface area (Å²) in [6.45, 7) is 0. The lowest BCUT2D eigenvalue weighted by Crippen LogP contribution is -2.10. The van der Waals surface area contributed by atoms with Gasteiger partial charge in [-0.05, 0) is 24.3 Å². The maximum Gasteiger partial charge on any atom is 0.125 e. The van der Waals surface area contributed by atoms with Gasteiger partial charge in [-0.3, -0.25) is 0 Å². The van der Waals surface area contributed by atoms with Gasteiger partial charge >= 0.3 is 0 Å². The van der Waals surface area contributed by atoms with Gasteiger partial charge in [-0.1, -0.05) is 41.1 Å². The van der Waals surface area contributed by atoms with Crippen LogP contribution in [0.25, 0.3) is 5.69 Å². The van der Waals surface area contributed by atoms with Crippen molar-refractivity contribution < 1.29 is 5.11 Å². The number of hydrogen-bond acceptors (Lipinski definition) is 4. The predicted octanol–water partition coefficient (Wildman–Crippen LogP) is 2.58. The molecule has 2 aromatic carbocycles. The number of aromatic nitrogens is 3. The highest BCUT2D eigenvalue weighted by Crippen LogP contribution is 2.29. The Kier molecular flexibility index (Phi) is 3.60. The second kappa shape index (κ2) is 5.55. The van der Waals surface area contributed by atoms with E-state index in [4.69, 9.17) is 17.3 Å². The summed E-state index contributed by atoms with van der Waals surface area (Å²) in [5, 5.41) is 19.0. The number of benzene rings is 2. The van der Waals surface area contributed by atoms with Crippen LogP contribution in [0.4, 0.5) is 5.69 Å². The zero-order valence-electron chi connectivity index (χ0n) is 11.0. The maximum absolute atomic E-state index is 10.6. The summed E-state index contributed by atoms with van der Waals surface area (Å²) in [5.41, 5.74) is 8.27. The summed E-state index contributed by atoms with van der Waals surface area (Å²) in [7, 11) is 0. The third-order valence-electron chi connectivity index (χ3n) is 3.20. The minimum Gasteiger partial charge on any atom is -0.398 e. The number of para-hydroxylation sites is 1. The minimum absolute atomic E-state index is 0.427. The van der Waals surface area contributed by atoms with E-state index >= 15 is 0 Å². The van der Waals surface area contributed by atoms with Crippen molar-refractivity contribution in [2.24, 2.45) is 0 Å². The minimum atomic E-state index is -0.933. The highest BCUT2D eigenvalue weighted by molar-refractivity contribution is 6.30. The van der Waals surface area contributed by atoms with E-state index in [0.717, 1.165) is 5.69 Å². The predicted molar refractivity (Wildman–Crippen MR) is 81.3 cm³/mol. The fourth-order valence-corrected chi connectivity index (χ4v) is 2.33. The number of nitrogens with two attached hydrogens (primary N) is 1. The number of anilines is 1. The lowest BCUT2D eigenvalue weighted by molar-refractivity contribution is 0.212. The molecule has 106 valence electrons. The van der Waals surface area contributed by atoms with Gasteiger partial charge in [0.25, 0.3) is 0 Å². The van der Waals surface area contributed by atoms with Gasteiger partial charge in [-0.15, -0.1) is 5.10 Å². The van der Waals surface area contributed by atoms with Crippen LogP contribution in [0.15, 0.2) is 54.7 Å². The van der Waals surface area contributed by atoms with E-state index in [1.165, 1.54) is 6.20 Å². The smallest absolute Gasteiger partial charge is 0.125 e. The standard InChI is InChI=1S/C15H13ClN4O/c16-10-6-7-12(13(17)8-10)15(21)14-9-18-19-20(14)11-4-2-1-3-5-11/h1-9,15,21H,17H2. The van der Waals surface area contributed by atoms with Gasteiger partial charge in [0.1, 0.15) is 6.10 Å². The van der Waals surface area contributed by atoms with Crippen LogP contribution in [0.1, 0.15) is 17.4 Å². The fraction of sp³-hybridized carbons (Fsp3) is 0.0667. The molecule has 0 saturated carbocycles. The molecular formula is C15H13ClN4O. The molecule has 1 aromatic heterocycles. The van der Waals surface area contributed by atoms with Gasteiger partial charge in [0, 0.05) is 16.3 Å². The van der Waals surface area contributed by atoms with Crippen LogP contribution in [0.2, 0.25) is 5.02 Å². The lowest BCUT2D eigenvalue weighted by atomic mass is 10.0. The number of nitrogen functional groups attached to an aromatic ring is 1. The number of nitrogens with zero attached hydrogens (tertiary/aromatic N) is 3. The normalized spacial score (nSPS) is 12.3. The summed E-state index contributed by atoms with van der Waals surface area (Å²) in [6, 6.07) is 14.5. The molecule has 0 bridgehead atoms. The molecule has 0 spiro atoms. The Hall–Kier alpha value is -2.37. The van der Waals surface area contributed by atoms with Crippen molar-refractivity contribution in [3.63, 3.8) is 0 Å². The van der Waals surface area contributed by atoms with E-state index in [1.54, 1.807) is 22.9 Å². The Labute approximate surface area is 126 Å². The molecule has 5 nitrogen and oxygen atoms in total. The Morgan fingerprint density at radius 1 is 1.14 bits per heavy atom. The molecule has 0 radical (unpaired) electrons. The second-order valence-electron chi connectivity index (χ2n) is 4.58. The topological polar surface area (TPSA) is 77.0 Å². The van der Waals surface area contributed by atoms with Gasteiger partial charge < -0.3 is 10.8 Å². The molecule has 0 saturated heterocycles. The molecule has 1 heterocycles. The van der Waals surface area contributed by atoms with Crippen LogP contribution in [0, 0.1) is 0 Å². The molecule has 0 aliphatic carbocycles. The molecule has 0 amide bonds. The zero-order chi connectivity index (χ0) is 14.8. The molecule has 6 heteroatoms. The Balaban J connectivity index is 2.03. The van der Waals surface area contributed by atoms with E-state index in [1.807, 2.05) is 30.3 Å². The van der Waals surface area contributed by atoms with Crippen molar-refractivity contribution >= 4 is 17.3 Å². The second-order valence-corrected chi connectivity index (χ2v) is 5.02.